The van der Waals surface area contributed by atoms with Crippen molar-refractivity contribution < 1.29 is 21.6 Å². The van der Waals surface area contributed by atoms with Crippen molar-refractivity contribution in [3.05, 3.63) is 29.3 Å². The zero-order chi connectivity index (χ0) is 16.1. The molecule has 0 aliphatic heterocycles. The molecule has 0 saturated carbocycles. The second-order valence-corrected chi connectivity index (χ2v) is 6.37. The van der Waals surface area contributed by atoms with Crippen LogP contribution >= 0.6 is 0 Å². The van der Waals surface area contributed by atoms with Gasteiger partial charge in [0, 0.05) is 19.5 Å². The van der Waals surface area contributed by atoms with Crippen LogP contribution in [0.2, 0.25) is 0 Å². The number of nitrogens with two attached hydrogens (primary N) is 1. The number of nitrogens with one attached hydrogen (secondary N) is 1. The number of sulfonamides is 1. The van der Waals surface area contributed by atoms with Gasteiger partial charge < -0.3 is 5.73 Å². The smallest absolute Gasteiger partial charge is 0.326 e. The third kappa shape index (κ3) is 5.64. The van der Waals surface area contributed by atoms with Gasteiger partial charge in [-0.05, 0) is 36.1 Å². The number of benzene rings is 1. The summed E-state index contributed by atoms with van der Waals surface area (Å²) in [5.74, 6) is 0. The molecule has 0 aromatic heterocycles. The zero-order valence-electron chi connectivity index (χ0n) is 11.7. The van der Waals surface area contributed by atoms with Crippen molar-refractivity contribution in [1.82, 2.24) is 4.72 Å². The molecule has 0 aliphatic carbocycles. The molecule has 0 atom stereocenters. The Morgan fingerprint density at radius 1 is 1.24 bits per heavy atom. The molecule has 1 aromatic rings. The number of halogens is 3. The van der Waals surface area contributed by atoms with Gasteiger partial charge >= 0.3 is 6.18 Å². The van der Waals surface area contributed by atoms with Gasteiger partial charge in [0.2, 0.25) is 10.0 Å². The molecule has 4 nitrogen and oxygen atoms in total. The van der Waals surface area contributed by atoms with E-state index in [1.807, 2.05) is 6.92 Å². The predicted octanol–water partition coefficient (Wildman–Crippen LogP) is 2.33. The Balaban J connectivity index is 2.74. The van der Waals surface area contributed by atoms with Crippen LogP contribution < -0.4 is 10.5 Å². The molecule has 1 rings (SSSR count). The molecule has 0 fully saturated rings. The topological polar surface area (TPSA) is 72.2 Å². The molecule has 0 bridgehead atoms. The van der Waals surface area contributed by atoms with Gasteiger partial charge in [0.15, 0.2) is 0 Å². The summed E-state index contributed by atoms with van der Waals surface area (Å²) in [5, 5.41) is 0. The molecule has 8 heteroatoms. The first-order valence-corrected chi connectivity index (χ1v) is 8.06. The molecular formula is C13H19F3N2O2S. The Bertz CT molecular complexity index is 571. The van der Waals surface area contributed by atoms with E-state index in [2.05, 4.69) is 4.72 Å². The minimum atomic E-state index is -4.28. The Kier molecular flexibility index (Phi) is 6.18. The van der Waals surface area contributed by atoms with Gasteiger partial charge in [-0.1, -0.05) is 13.0 Å². The van der Waals surface area contributed by atoms with E-state index in [9.17, 15) is 21.6 Å². The van der Waals surface area contributed by atoms with Gasteiger partial charge in [-0.15, -0.1) is 0 Å². The van der Waals surface area contributed by atoms with Gasteiger partial charge in [-0.2, -0.15) is 13.2 Å². The minimum Gasteiger partial charge on any atom is -0.326 e. The van der Waals surface area contributed by atoms with E-state index in [4.69, 9.17) is 5.73 Å². The summed E-state index contributed by atoms with van der Waals surface area (Å²) in [4.78, 5) is 0.0205. The SMILES string of the molecule is CCc1ccc(S(=O)(=O)NCCCC(F)(F)F)cc1CN. The van der Waals surface area contributed by atoms with Crippen LogP contribution in [-0.4, -0.2) is 21.1 Å². The molecule has 120 valence electrons. The highest BCUT2D eigenvalue weighted by Crippen LogP contribution is 2.21. The predicted molar refractivity (Wildman–Crippen MR) is 74.2 cm³/mol. The maximum Gasteiger partial charge on any atom is 0.389 e. The van der Waals surface area contributed by atoms with Crippen LogP contribution in [-0.2, 0) is 23.0 Å². The summed E-state index contributed by atoms with van der Waals surface area (Å²) < 4.78 is 62.1. The first-order valence-electron chi connectivity index (χ1n) is 6.58. The maximum atomic E-state index is 12.0. The molecule has 1 aromatic carbocycles. The summed E-state index contributed by atoms with van der Waals surface area (Å²) in [7, 11) is -3.81. The lowest BCUT2D eigenvalue weighted by Gasteiger charge is -2.11. The van der Waals surface area contributed by atoms with Crippen LogP contribution in [0, 0.1) is 0 Å². The highest BCUT2D eigenvalue weighted by Gasteiger charge is 2.26. The molecule has 0 spiro atoms. The van der Waals surface area contributed by atoms with Crippen LogP contribution in [0.25, 0.3) is 0 Å². The fraction of sp³-hybridized carbons (Fsp3) is 0.538. The van der Waals surface area contributed by atoms with Crippen molar-refractivity contribution in [2.24, 2.45) is 5.73 Å². The van der Waals surface area contributed by atoms with Crippen molar-refractivity contribution in [2.45, 2.75) is 43.8 Å². The molecular weight excluding hydrogens is 305 g/mol. The Morgan fingerprint density at radius 2 is 1.90 bits per heavy atom. The molecule has 3 N–H and O–H groups in total. The fourth-order valence-electron chi connectivity index (χ4n) is 1.88. The van der Waals surface area contributed by atoms with Crippen molar-refractivity contribution in [3.8, 4) is 0 Å². The lowest BCUT2D eigenvalue weighted by Crippen LogP contribution is -2.26. The quantitative estimate of drug-likeness (QED) is 0.756. The van der Waals surface area contributed by atoms with E-state index in [-0.39, 0.29) is 24.4 Å². The summed E-state index contributed by atoms with van der Waals surface area (Å²) >= 11 is 0. The van der Waals surface area contributed by atoms with Crippen molar-refractivity contribution in [1.29, 1.82) is 0 Å². The van der Waals surface area contributed by atoms with Gasteiger partial charge in [-0.25, -0.2) is 13.1 Å². The minimum absolute atomic E-state index is 0.0205. The molecule has 0 heterocycles. The van der Waals surface area contributed by atoms with E-state index in [1.165, 1.54) is 12.1 Å². The lowest BCUT2D eigenvalue weighted by molar-refractivity contribution is -0.135. The fourth-order valence-corrected chi connectivity index (χ4v) is 3.01. The van der Waals surface area contributed by atoms with Gasteiger partial charge in [0.05, 0.1) is 4.90 Å². The third-order valence-corrected chi connectivity index (χ3v) is 4.48. The second kappa shape index (κ2) is 7.24. The first kappa shape index (κ1) is 17.9. The number of hydrogen-bond donors (Lipinski definition) is 2. The summed E-state index contributed by atoms with van der Waals surface area (Å²) in [5.41, 5.74) is 7.24. The number of aryl methyl sites for hydroxylation is 1. The second-order valence-electron chi connectivity index (χ2n) is 4.60. The zero-order valence-corrected chi connectivity index (χ0v) is 12.5. The Hall–Kier alpha value is -1.12. The summed E-state index contributed by atoms with van der Waals surface area (Å²) in [6.07, 6.45) is -4.86. The van der Waals surface area contributed by atoms with Crippen molar-refractivity contribution >= 4 is 10.0 Å². The standard InChI is InChI=1S/C13H19F3N2O2S/c1-2-10-4-5-12(8-11(10)9-17)21(19,20)18-7-3-6-13(14,15)16/h4-5,8,18H,2-3,6-7,9,17H2,1H3. The maximum absolute atomic E-state index is 12.0. The third-order valence-electron chi connectivity index (χ3n) is 3.02. The highest BCUT2D eigenvalue weighted by molar-refractivity contribution is 7.89. The van der Waals surface area contributed by atoms with Crippen molar-refractivity contribution in [2.75, 3.05) is 6.54 Å². The van der Waals surface area contributed by atoms with Crippen LogP contribution in [0.1, 0.15) is 30.9 Å². The lowest BCUT2D eigenvalue weighted by atomic mass is 10.1. The van der Waals surface area contributed by atoms with E-state index < -0.39 is 22.6 Å². The monoisotopic (exact) mass is 324 g/mol. The van der Waals surface area contributed by atoms with Crippen LogP contribution in [0.4, 0.5) is 13.2 Å². The number of alkyl halides is 3. The first-order chi connectivity index (χ1) is 9.69. The van der Waals surface area contributed by atoms with E-state index in [0.717, 1.165) is 17.5 Å². The van der Waals surface area contributed by atoms with E-state index in [0.29, 0.717) is 0 Å². The summed E-state index contributed by atoms with van der Waals surface area (Å²) in [6, 6.07) is 4.57. The van der Waals surface area contributed by atoms with Crippen LogP contribution in [0.5, 0.6) is 0 Å². The molecule has 0 unspecified atom stereocenters. The van der Waals surface area contributed by atoms with Gasteiger partial charge in [0.1, 0.15) is 0 Å². The number of hydrogen-bond acceptors (Lipinski definition) is 3. The molecule has 0 amide bonds. The highest BCUT2D eigenvalue weighted by atomic mass is 32.2. The normalized spacial score (nSPS) is 12.6. The molecule has 0 saturated heterocycles. The van der Waals surface area contributed by atoms with E-state index in [1.54, 1.807) is 6.07 Å². The van der Waals surface area contributed by atoms with Gasteiger partial charge in [0.25, 0.3) is 0 Å². The summed E-state index contributed by atoms with van der Waals surface area (Å²) in [6.45, 7) is 1.88. The molecule has 21 heavy (non-hydrogen) atoms. The Morgan fingerprint density at radius 3 is 2.43 bits per heavy atom. The van der Waals surface area contributed by atoms with Crippen LogP contribution in [0.15, 0.2) is 23.1 Å². The molecule has 0 radical (unpaired) electrons. The van der Waals surface area contributed by atoms with Crippen molar-refractivity contribution in [3.63, 3.8) is 0 Å². The number of rotatable bonds is 7. The van der Waals surface area contributed by atoms with E-state index >= 15 is 0 Å². The molecule has 0 aliphatic rings. The average molecular weight is 324 g/mol. The Labute approximate surface area is 122 Å². The largest absolute Gasteiger partial charge is 0.389 e. The van der Waals surface area contributed by atoms with Crippen LogP contribution in [0.3, 0.4) is 0 Å². The average Bonchev–Trinajstić information content (AvgIpc) is 2.41. The van der Waals surface area contributed by atoms with Gasteiger partial charge in [-0.3, -0.25) is 0 Å².